The van der Waals surface area contributed by atoms with Crippen LogP contribution in [0.15, 0.2) is 0 Å². The molecule has 0 aromatic carbocycles. The second-order valence-electron chi connectivity index (χ2n) is 4.80. The summed E-state index contributed by atoms with van der Waals surface area (Å²) in [5.74, 6) is 0. The minimum atomic E-state index is -0.769. The lowest BCUT2D eigenvalue weighted by atomic mass is 10.4. The van der Waals surface area contributed by atoms with Crippen LogP contribution in [0.5, 0.6) is 0 Å². The van der Waals surface area contributed by atoms with E-state index in [1.54, 1.807) is 0 Å². The highest BCUT2D eigenvalue weighted by molar-refractivity contribution is 7.73. The summed E-state index contributed by atoms with van der Waals surface area (Å²) in [5.41, 5.74) is 0. The molecule has 0 saturated heterocycles. The summed E-state index contributed by atoms with van der Waals surface area (Å²) in [4.78, 5) is 0. The lowest BCUT2D eigenvalue weighted by molar-refractivity contribution is 0.845. The molecule has 104 valence electrons. The second kappa shape index (κ2) is 14.3. The Morgan fingerprint density at radius 2 is 1.06 bits per heavy atom. The molecule has 18 heavy (non-hydrogen) atoms. The number of hydrogen-bond donors (Lipinski definition) is 0. The lowest BCUT2D eigenvalue weighted by Crippen LogP contribution is -2.01. The normalized spacial score (nSPS) is 9.83. The molecule has 0 spiro atoms. The molecule has 0 amide bonds. The maximum atomic E-state index is 7.26. The largest absolute Gasteiger partial charge is 0.181 e. The monoisotopic (exact) mass is 268 g/mol. The Bertz CT molecular complexity index is 256. The second-order valence-corrected chi connectivity index (χ2v) is 8.82. The molecule has 0 saturated carbocycles. The van der Waals surface area contributed by atoms with Crippen LogP contribution in [0.3, 0.4) is 0 Å². The molecule has 0 aliphatic rings. The third-order valence-corrected chi connectivity index (χ3v) is 6.80. The fourth-order valence-corrected chi connectivity index (χ4v) is 5.45. The Morgan fingerprint density at radius 1 is 0.778 bits per heavy atom. The predicted octanol–water partition coefficient (Wildman–Crippen LogP) is 4.87. The fourth-order valence-electron chi connectivity index (χ4n) is 1.82. The van der Waals surface area contributed by atoms with E-state index < -0.39 is 6.89 Å². The van der Waals surface area contributed by atoms with Gasteiger partial charge in [-0.25, -0.2) is 0 Å². The van der Waals surface area contributed by atoms with Gasteiger partial charge in [-0.15, -0.1) is 13.2 Å². The standard InChI is InChI=1S/C13H29P.C2N2/c1-5-8-11-14(4,12-9-6-2)13-10-7-3;3-1-2-4/h4-13H2,1-3H3;. The first kappa shape index (κ1) is 19.6. The van der Waals surface area contributed by atoms with E-state index in [1.807, 2.05) is 0 Å². The zero-order chi connectivity index (χ0) is 14.3. The minimum absolute atomic E-state index is 0.769. The highest BCUT2D eigenvalue weighted by Crippen LogP contribution is 2.47. The molecule has 0 unspecified atom stereocenters. The van der Waals surface area contributed by atoms with Gasteiger partial charge in [-0.1, -0.05) is 40.0 Å². The summed E-state index contributed by atoms with van der Waals surface area (Å²) in [6, 6.07) is 2.47. The summed E-state index contributed by atoms with van der Waals surface area (Å²) in [6.45, 7) is 6.12. The van der Waals surface area contributed by atoms with E-state index in [2.05, 4.69) is 27.1 Å². The maximum Gasteiger partial charge on any atom is 0.181 e. The molecular weight excluding hydrogens is 239 g/mol. The van der Waals surface area contributed by atoms with E-state index in [4.69, 9.17) is 10.5 Å². The third kappa shape index (κ3) is 13.3. The number of nitrogens with zero attached hydrogens (tertiary/aromatic N) is 2. The van der Waals surface area contributed by atoms with Crippen molar-refractivity contribution in [3.05, 3.63) is 0 Å². The van der Waals surface area contributed by atoms with Crippen molar-refractivity contribution in [1.82, 2.24) is 0 Å². The summed E-state index contributed by atoms with van der Waals surface area (Å²) in [5, 5.41) is 14.5. The van der Waals surface area contributed by atoms with Gasteiger partial charge in [-0.05, 0) is 37.7 Å². The van der Waals surface area contributed by atoms with Crippen LogP contribution in [0.25, 0.3) is 0 Å². The number of unbranched alkanes of at least 4 members (excludes halogenated alkanes) is 3. The zero-order valence-electron chi connectivity index (χ0n) is 12.4. The minimum Gasteiger partial charge on any atom is -0.181 e. The fraction of sp³-hybridized carbons (Fsp3) is 0.800. The van der Waals surface area contributed by atoms with E-state index in [9.17, 15) is 0 Å². The summed E-state index contributed by atoms with van der Waals surface area (Å²) >= 11 is 0. The van der Waals surface area contributed by atoms with Gasteiger partial charge in [-0.2, -0.15) is 10.5 Å². The van der Waals surface area contributed by atoms with Crippen LogP contribution >= 0.6 is 6.89 Å². The maximum absolute atomic E-state index is 7.26. The Labute approximate surface area is 114 Å². The zero-order valence-corrected chi connectivity index (χ0v) is 13.3. The van der Waals surface area contributed by atoms with Crippen molar-refractivity contribution in [3.8, 4) is 12.1 Å². The van der Waals surface area contributed by atoms with E-state index in [0.717, 1.165) is 0 Å². The molecule has 2 nitrogen and oxygen atoms in total. The SMILES string of the molecule is C=P(CCCC)(CCCC)CCCC.N#CC#N. The van der Waals surface area contributed by atoms with Crippen LogP contribution < -0.4 is 0 Å². The van der Waals surface area contributed by atoms with Gasteiger partial charge in [0.1, 0.15) is 0 Å². The van der Waals surface area contributed by atoms with Crippen molar-refractivity contribution in [2.75, 3.05) is 18.5 Å². The molecule has 0 fully saturated rings. The average Bonchev–Trinajstić information content (AvgIpc) is 2.41. The Kier molecular flexibility index (Phi) is 15.6. The predicted molar refractivity (Wildman–Crippen MR) is 84.6 cm³/mol. The molecule has 0 radical (unpaired) electrons. The van der Waals surface area contributed by atoms with Crippen LogP contribution in [0.4, 0.5) is 0 Å². The van der Waals surface area contributed by atoms with Gasteiger partial charge in [0, 0.05) is 0 Å². The first-order valence-corrected chi connectivity index (χ1v) is 9.61. The van der Waals surface area contributed by atoms with Gasteiger partial charge in [0.2, 0.25) is 0 Å². The molecule has 0 bridgehead atoms. The summed E-state index contributed by atoms with van der Waals surface area (Å²) in [6.07, 6.45) is 17.2. The molecule has 0 aliphatic heterocycles. The first-order valence-electron chi connectivity index (χ1n) is 7.08. The van der Waals surface area contributed by atoms with E-state index >= 15 is 0 Å². The van der Waals surface area contributed by atoms with Gasteiger partial charge in [0.05, 0.1) is 0 Å². The molecule has 0 aromatic rings. The van der Waals surface area contributed by atoms with Gasteiger partial charge in [-0.3, -0.25) is 0 Å². The van der Waals surface area contributed by atoms with Crippen molar-refractivity contribution in [2.24, 2.45) is 0 Å². The van der Waals surface area contributed by atoms with Crippen molar-refractivity contribution in [1.29, 1.82) is 10.5 Å². The van der Waals surface area contributed by atoms with E-state index in [-0.39, 0.29) is 0 Å². The Hall–Kier alpha value is -0.720. The first-order chi connectivity index (χ1) is 8.60. The van der Waals surface area contributed by atoms with E-state index in [1.165, 1.54) is 69.1 Å². The van der Waals surface area contributed by atoms with Gasteiger partial charge >= 0.3 is 0 Å². The van der Waals surface area contributed by atoms with Crippen LogP contribution in [0, 0.1) is 22.7 Å². The Morgan fingerprint density at radius 3 is 1.22 bits per heavy atom. The molecule has 0 heterocycles. The quantitative estimate of drug-likeness (QED) is 0.560. The summed E-state index contributed by atoms with van der Waals surface area (Å²) in [7, 11) is 0. The number of rotatable bonds is 9. The molecule has 0 aliphatic carbocycles. The van der Waals surface area contributed by atoms with Crippen LogP contribution in [-0.2, 0) is 0 Å². The van der Waals surface area contributed by atoms with Gasteiger partial charge < -0.3 is 0 Å². The molecule has 0 aromatic heterocycles. The summed E-state index contributed by atoms with van der Waals surface area (Å²) < 4.78 is 0. The Balaban J connectivity index is 0. The van der Waals surface area contributed by atoms with Crippen molar-refractivity contribution in [2.45, 2.75) is 59.3 Å². The van der Waals surface area contributed by atoms with Crippen LogP contribution in [0.2, 0.25) is 0 Å². The van der Waals surface area contributed by atoms with Crippen molar-refractivity contribution < 1.29 is 0 Å². The molecule has 3 heteroatoms. The molecular formula is C15H29N2P. The highest BCUT2D eigenvalue weighted by Gasteiger charge is 2.12. The van der Waals surface area contributed by atoms with E-state index in [0.29, 0.717) is 0 Å². The highest BCUT2D eigenvalue weighted by atomic mass is 31.2. The molecule has 0 rings (SSSR count). The number of hydrogen-bond acceptors (Lipinski definition) is 2. The topological polar surface area (TPSA) is 47.6 Å². The van der Waals surface area contributed by atoms with Crippen molar-refractivity contribution >= 4 is 13.2 Å². The third-order valence-electron chi connectivity index (χ3n) is 3.01. The molecule has 0 N–H and O–H groups in total. The number of nitriles is 2. The van der Waals surface area contributed by atoms with Gasteiger partial charge in [0.15, 0.2) is 12.1 Å². The molecule has 0 atom stereocenters. The lowest BCUT2D eigenvalue weighted by Gasteiger charge is -2.24. The average molecular weight is 268 g/mol. The smallest absolute Gasteiger partial charge is 0.181 e. The van der Waals surface area contributed by atoms with Gasteiger partial charge in [0.25, 0.3) is 0 Å². The van der Waals surface area contributed by atoms with Crippen LogP contribution in [-0.4, -0.2) is 24.8 Å². The van der Waals surface area contributed by atoms with Crippen molar-refractivity contribution in [3.63, 3.8) is 0 Å². The van der Waals surface area contributed by atoms with Crippen LogP contribution in [0.1, 0.15) is 59.3 Å².